The predicted molar refractivity (Wildman–Crippen MR) is 166 cm³/mol. The van der Waals surface area contributed by atoms with Crippen LogP contribution in [0.15, 0.2) is 66.9 Å². The number of carbonyl (C=O) groups excluding carboxylic acids is 2. The number of nitrogens with zero attached hydrogens (tertiary/aromatic N) is 2. The van der Waals surface area contributed by atoms with E-state index in [0.29, 0.717) is 78.5 Å². The second-order valence-electron chi connectivity index (χ2n) is 11.5. The summed E-state index contributed by atoms with van der Waals surface area (Å²) in [6.07, 6.45) is 2.47. The van der Waals surface area contributed by atoms with Crippen LogP contribution < -0.4 is 19.6 Å². The van der Waals surface area contributed by atoms with Crippen molar-refractivity contribution in [1.29, 1.82) is 0 Å². The first-order chi connectivity index (χ1) is 22.3. The largest absolute Gasteiger partial charge is 0.493 e. The van der Waals surface area contributed by atoms with E-state index in [1.54, 1.807) is 49.7 Å². The highest BCUT2D eigenvalue weighted by molar-refractivity contribution is 6.11. The lowest BCUT2D eigenvalue weighted by Crippen LogP contribution is -2.46. The van der Waals surface area contributed by atoms with Gasteiger partial charge in [-0.2, -0.15) is 0 Å². The fourth-order valence-corrected chi connectivity index (χ4v) is 5.58. The summed E-state index contributed by atoms with van der Waals surface area (Å²) >= 11 is 0. The van der Waals surface area contributed by atoms with Crippen molar-refractivity contribution < 1.29 is 37.3 Å². The van der Waals surface area contributed by atoms with Crippen LogP contribution in [0.2, 0.25) is 0 Å². The Hall–Kier alpha value is -4.45. The lowest BCUT2D eigenvalue weighted by Gasteiger charge is -2.27. The van der Waals surface area contributed by atoms with Gasteiger partial charge in [0.1, 0.15) is 18.2 Å². The number of morpholine rings is 1. The second-order valence-corrected chi connectivity index (χ2v) is 11.5. The van der Waals surface area contributed by atoms with Gasteiger partial charge in [-0.05, 0) is 60.4 Å². The molecule has 1 aliphatic heterocycles. The molecule has 0 radical (unpaired) electrons. The van der Waals surface area contributed by atoms with Gasteiger partial charge in [-0.1, -0.05) is 18.2 Å². The number of fused-ring (bicyclic) bond motifs is 1. The quantitative estimate of drug-likeness (QED) is 0.148. The highest BCUT2D eigenvalue weighted by atomic mass is 19.1. The molecular formula is C35H35F2N3O6. The first-order valence-corrected chi connectivity index (χ1v) is 15.3. The summed E-state index contributed by atoms with van der Waals surface area (Å²) in [7, 11) is 1.54. The molecule has 1 N–H and O–H groups in total. The zero-order valence-electron chi connectivity index (χ0n) is 25.5. The maximum Gasteiger partial charge on any atom is 0.166 e. The number of halogens is 2. The van der Waals surface area contributed by atoms with Crippen LogP contribution in [-0.2, 0) is 27.2 Å². The lowest BCUT2D eigenvalue weighted by molar-refractivity contribution is -0.133. The first kappa shape index (κ1) is 31.5. The average Bonchev–Trinajstić information content (AvgIpc) is 3.88. The van der Waals surface area contributed by atoms with Gasteiger partial charge < -0.3 is 18.9 Å². The van der Waals surface area contributed by atoms with Crippen molar-refractivity contribution in [3.63, 3.8) is 0 Å². The van der Waals surface area contributed by atoms with Crippen LogP contribution in [-0.4, -0.2) is 68.1 Å². The van der Waals surface area contributed by atoms with Crippen molar-refractivity contribution in [2.45, 2.75) is 25.7 Å². The number of ether oxygens (including phenoxy) is 4. The summed E-state index contributed by atoms with van der Waals surface area (Å²) in [6, 6.07) is 15.2. The Morgan fingerprint density at radius 3 is 2.30 bits per heavy atom. The smallest absolute Gasteiger partial charge is 0.166 e. The molecule has 0 amide bonds. The lowest BCUT2D eigenvalue weighted by atomic mass is 9.88. The molecule has 11 heteroatoms. The Balaban J connectivity index is 1.10. The fraction of sp³-hybridized carbons (Fsp3) is 0.343. The zero-order valence-corrected chi connectivity index (χ0v) is 25.5. The maximum absolute atomic E-state index is 15.3. The van der Waals surface area contributed by atoms with Gasteiger partial charge in [0.05, 0.1) is 31.3 Å². The van der Waals surface area contributed by atoms with E-state index in [-0.39, 0.29) is 36.0 Å². The van der Waals surface area contributed by atoms with Gasteiger partial charge >= 0.3 is 0 Å². The molecule has 6 rings (SSSR count). The maximum atomic E-state index is 15.3. The summed E-state index contributed by atoms with van der Waals surface area (Å²) in [6.45, 7) is 4.02. The normalized spacial score (nSPS) is 15.8. The van der Waals surface area contributed by atoms with Gasteiger partial charge in [-0.3, -0.25) is 20.0 Å². The number of carbonyl (C=O) groups is 2. The monoisotopic (exact) mass is 631 g/mol. The molecule has 46 heavy (non-hydrogen) atoms. The Bertz CT molecular complexity index is 1720. The number of nitrogens with one attached hydrogen (secondary N) is 1. The van der Waals surface area contributed by atoms with Crippen molar-refractivity contribution in [2.75, 3.05) is 46.6 Å². The number of hydrogen-bond donors (Lipinski definition) is 1. The molecule has 1 aromatic heterocycles. The molecule has 2 fully saturated rings. The van der Waals surface area contributed by atoms with Crippen LogP contribution in [0.25, 0.3) is 10.9 Å². The number of hydrogen-bond acceptors (Lipinski definition) is 9. The summed E-state index contributed by atoms with van der Waals surface area (Å²) in [5, 5.41) is 2.70. The van der Waals surface area contributed by atoms with E-state index in [1.807, 2.05) is 0 Å². The van der Waals surface area contributed by atoms with Crippen molar-refractivity contribution in [2.24, 2.45) is 5.41 Å². The van der Waals surface area contributed by atoms with Crippen molar-refractivity contribution >= 4 is 22.5 Å². The molecule has 2 aliphatic rings. The van der Waals surface area contributed by atoms with Crippen LogP contribution in [0.3, 0.4) is 0 Å². The Morgan fingerprint density at radius 2 is 1.61 bits per heavy atom. The average molecular weight is 632 g/mol. The Morgan fingerprint density at radius 1 is 0.891 bits per heavy atom. The minimum atomic E-state index is -1.06. The van der Waals surface area contributed by atoms with Gasteiger partial charge in [0, 0.05) is 50.1 Å². The summed E-state index contributed by atoms with van der Waals surface area (Å²) in [5.41, 5.74) is 3.94. The highest BCUT2D eigenvalue weighted by Gasteiger charge is 2.54. The summed E-state index contributed by atoms with van der Waals surface area (Å²) < 4.78 is 51.4. The molecule has 0 atom stereocenters. The molecular weight excluding hydrogens is 596 g/mol. The molecule has 9 nitrogen and oxygen atoms in total. The third-order valence-corrected chi connectivity index (χ3v) is 8.37. The molecule has 240 valence electrons. The molecule has 2 heterocycles. The van der Waals surface area contributed by atoms with E-state index in [9.17, 15) is 14.0 Å². The van der Waals surface area contributed by atoms with E-state index in [1.165, 1.54) is 24.3 Å². The molecule has 3 aromatic carbocycles. The van der Waals surface area contributed by atoms with Crippen molar-refractivity contribution in [3.8, 4) is 23.0 Å². The number of benzene rings is 3. The van der Waals surface area contributed by atoms with E-state index >= 15 is 4.39 Å². The number of Topliss-reactive ketones (excluding diaryl/α,β-unsaturated/α-hetero) is 2. The SMILES string of the molecule is COc1cc2c(Oc3ccc(CC(=O)C4(C(=O)Cc5ccc(F)cc5)CC4)cc3F)ccnc2cc1OCCNN1CCOCC1. The molecule has 0 spiro atoms. The van der Waals surface area contributed by atoms with E-state index in [2.05, 4.69) is 15.4 Å². The first-order valence-electron chi connectivity index (χ1n) is 15.3. The number of hydrazine groups is 1. The standard InChI is InChI=1S/C35H35F2N3O6/c1-43-31-21-26-28(22-32(31)45-15-12-39-40-13-16-44-17-14-40)38-11-8-29(26)46-30-7-4-24(18-27(30)37)20-34(42)35(9-10-35)33(41)19-23-2-5-25(36)6-3-23/h2-8,11,18,21-22,39H,9-10,12-17,19-20H2,1H3. The third kappa shape index (κ3) is 7.17. The van der Waals surface area contributed by atoms with Crippen LogP contribution in [0.5, 0.6) is 23.0 Å². The van der Waals surface area contributed by atoms with Crippen LogP contribution >= 0.6 is 0 Å². The minimum absolute atomic E-state index is 0.0225. The number of pyridine rings is 1. The summed E-state index contributed by atoms with van der Waals surface area (Å²) in [5.74, 6) is -0.111. The van der Waals surface area contributed by atoms with Crippen LogP contribution in [0, 0.1) is 17.0 Å². The highest BCUT2D eigenvalue weighted by Crippen LogP contribution is 2.49. The minimum Gasteiger partial charge on any atom is -0.493 e. The van der Waals surface area contributed by atoms with Crippen LogP contribution in [0.4, 0.5) is 8.78 Å². The molecule has 1 aliphatic carbocycles. The number of ketones is 2. The molecule has 1 saturated heterocycles. The fourth-order valence-electron chi connectivity index (χ4n) is 5.58. The Labute approximate surface area is 265 Å². The second kappa shape index (κ2) is 13.9. The van der Waals surface area contributed by atoms with Crippen molar-refractivity contribution in [1.82, 2.24) is 15.4 Å². The number of methoxy groups -OCH3 is 1. The van der Waals surface area contributed by atoms with Gasteiger partial charge in [0.25, 0.3) is 0 Å². The van der Waals surface area contributed by atoms with Gasteiger partial charge in [0.2, 0.25) is 0 Å². The Kier molecular flexibility index (Phi) is 9.53. The van der Waals surface area contributed by atoms with Gasteiger partial charge in [0.15, 0.2) is 34.6 Å². The molecule has 1 saturated carbocycles. The zero-order chi connectivity index (χ0) is 32.1. The van der Waals surface area contributed by atoms with Gasteiger partial charge in [-0.15, -0.1) is 0 Å². The molecule has 0 unspecified atom stereocenters. The topological polar surface area (TPSA) is 99.2 Å². The number of aromatic nitrogens is 1. The molecule has 4 aromatic rings. The third-order valence-electron chi connectivity index (χ3n) is 8.37. The number of rotatable bonds is 14. The van der Waals surface area contributed by atoms with E-state index in [0.717, 1.165) is 13.1 Å². The molecule has 0 bridgehead atoms. The van der Waals surface area contributed by atoms with E-state index in [4.69, 9.17) is 18.9 Å². The van der Waals surface area contributed by atoms with Crippen LogP contribution in [0.1, 0.15) is 24.0 Å². The summed E-state index contributed by atoms with van der Waals surface area (Å²) in [4.78, 5) is 30.6. The van der Waals surface area contributed by atoms with Gasteiger partial charge in [-0.25, -0.2) is 13.8 Å². The van der Waals surface area contributed by atoms with Crippen molar-refractivity contribution in [3.05, 3.63) is 89.6 Å². The predicted octanol–water partition coefficient (Wildman–Crippen LogP) is 5.23. The van der Waals surface area contributed by atoms with E-state index < -0.39 is 11.2 Å².